The first-order valence-electron chi connectivity index (χ1n) is 7.32. The summed E-state index contributed by atoms with van der Waals surface area (Å²) in [5.74, 6) is -0.165. The second-order valence-electron chi connectivity index (χ2n) is 5.84. The molecule has 7 heteroatoms. The van der Waals surface area contributed by atoms with E-state index in [1.807, 2.05) is 20.2 Å². The number of sulfonamides is 1. The Balaban J connectivity index is 2.06. The van der Waals surface area contributed by atoms with Crippen LogP contribution in [0.3, 0.4) is 0 Å². The third-order valence-electron chi connectivity index (χ3n) is 3.67. The molecule has 0 atom stereocenters. The molecule has 1 aromatic rings. The summed E-state index contributed by atoms with van der Waals surface area (Å²) in [7, 11) is 0.684. The summed E-state index contributed by atoms with van der Waals surface area (Å²) < 4.78 is 24.9. The van der Waals surface area contributed by atoms with E-state index in [1.165, 1.54) is 10.6 Å². The molecule has 1 aliphatic rings. The van der Waals surface area contributed by atoms with Crippen LogP contribution in [0.5, 0.6) is 0 Å². The van der Waals surface area contributed by atoms with Gasteiger partial charge in [-0.25, -0.2) is 8.42 Å². The minimum atomic E-state index is -3.29. The molecule has 0 unspecified atom stereocenters. The van der Waals surface area contributed by atoms with Crippen molar-refractivity contribution in [3.8, 4) is 0 Å². The van der Waals surface area contributed by atoms with Crippen molar-refractivity contribution >= 4 is 21.6 Å². The Kier molecular flexibility index (Phi) is 5.08. The van der Waals surface area contributed by atoms with E-state index in [2.05, 4.69) is 10.2 Å². The van der Waals surface area contributed by atoms with Crippen molar-refractivity contribution in [2.45, 2.75) is 12.8 Å². The van der Waals surface area contributed by atoms with Crippen LogP contribution in [0.2, 0.25) is 0 Å². The van der Waals surface area contributed by atoms with Crippen LogP contribution in [0, 0.1) is 0 Å². The molecule has 1 aromatic carbocycles. The summed E-state index contributed by atoms with van der Waals surface area (Å²) in [6, 6.07) is 5.27. The molecule has 122 valence electrons. The molecule has 2 rings (SSSR count). The number of amides is 1. The molecule has 0 aromatic heterocycles. The van der Waals surface area contributed by atoms with Crippen LogP contribution >= 0.6 is 0 Å². The van der Waals surface area contributed by atoms with Gasteiger partial charge in [-0.05, 0) is 51.2 Å². The Morgan fingerprint density at radius 2 is 2.09 bits per heavy atom. The maximum Gasteiger partial charge on any atom is 0.251 e. The average molecular weight is 325 g/mol. The van der Waals surface area contributed by atoms with Gasteiger partial charge in [0, 0.05) is 18.7 Å². The third kappa shape index (κ3) is 3.98. The molecular weight excluding hydrogens is 302 g/mol. The second kappa shape index (κ2) is 6.66. The maximum absolute atomic E-state index is 12.2. The van der Waals surface area contributed by atoms with Crippen molar-refractivity contribution < 1.29 is 13.2 Å². The number of rotatable bonds is 6. The summed E-state index contributed by atoms with van der Waals surface area (Å²) in [5.41, 5.74) is 2.09. The van der Waals surface area contributed by atoms with E-state index >= 15 is 0 Å². The van der Waals surface area contributed by atoms with Gasteiger partial charge in [0.05, 0.1) is 11.9 Å². The summed E-state index contributed by atoms with van der Waals surface area (Å²) in [5, 5.41) is 2.87. The molecule has 0 spiro atoms. The van der Waals surface area contributed by atoms with Crippen molar-refractivity contribution in [2.75, 3.05) is 44.3 Å². The van der Waals surface area contributed by atoms with E-state index in [9.17, 15) is 13.2 Å². The van der Waals surface area contributed by atoms with Crippen LogP contribution in [-0.4, -0.2) is 59.2 Å². The summed E-state index contributed by atoms with van der Waals surface area (Å²) in [6.07, 6.45) is 2.75. The van der Waals surface area contributed by atoms with Gasteiger partial charge >= 0.3 is 0 Å². The van der Waals surface area contributed by atoms with Crippen molar-refractivity contribution in [3.05, 3.63) is 29.3 Å². The quantitative estimate of drug-likeness (QED) is 0.781. The molecule has 0 fully saturated rings. The number of carbonyl (C=O) groups excluding carboxylic acids is 1. The van der Waals surface area contributed by atoms with Gasteiger partial charge in [0.25, 0.3) is 5.91 Å². The zero-order valence-corrected chi connectivity index (χ0v) is 14.1. The van der Waals surface area contributed by atoms with E-state index < -0.39 is 10.0 Å². The molecule has 1 N–H and O–H groups in total. The fraction of sp³-hybridized carbons (Fsp3) is 0.533. The number of fused-ring (bicyclic) bond motifs is 1. The Labute approximate surface area is 132 Å². The van der Waals surface area contributed by atoms with Gasteiger partial charge in [-0.2, -0.15) is 0 Å². The van der Waals surface area contributed by atoms with Gasteiger partial charge in [-0.15, -0.1) is 0 Å². The van der Waals surface area contributed by atoms with Crippen molar-refractivity contribution in [1.29, 1.82) is 0 Å². The minimum Gasteiger partial charge on any atom is -0.352 e. The van der Waals surface area contributed by atoms with Gasteiger partial charge in [0.1, 0.15) is 0 Å². The predicted octanol–water partition coefficient (Wildman–Crippen LogP) is 0.690. The number of hydrogen-bond acceptors (Lipinski definition) is 4. The first-order chi connectivity index (χ1) is 10.3. The third-order valence-corrected chi connectivity index (χ3v) is 4.85. The molecule has 1 heterocycles. The van der Waals surface area contributed by atoms with E-state index in [4.69, 9.17) is 0 Å². The van der Waals surface area contributed by atoms with Gasteiger partial charge < -0.3 is 10.2 Å². The minimum absolute atomic E-state index is 0.165. The van der Waals surface area contributed by atoms with Gasteiger partial charge in [-0.1, -0.05) is 6.07 Å². The molecule has 0 saturated carbocycles. The standard InChI is InChI=1S/C15H23N3O3S/c1-17(2)9-4-8-16-15(19)13-6-5-12-7-10-18(14(12)11-13)22(3,20)21/h5-6,11H,4,7-10H2,1-3H3,(H,16,19). The van der Waals surface area contributed by atoms with Gasteiger partial charge in [0.2, 0.25) is 10.0 Å². The Morgan fingerprint density at radius 1 is 1.36 bits per heavy atom. The fourth-order valence-corrected chi connectivity index (χ4v) is 3.49. The molecule has 1 amide bonds. The summed E-state index contributed by atoms with van der Waals surface area (Å²) >= 11 is 0. The zero-order chi connectivity index (χ0) is 16.3. The van der Waals surface area contributed by atoms with Crippen molar-refractivity contribution in [2.24, 2.45) is 0 Å². The highest BCUT2D eigenvalue weighted by Gasteiger charge is 2.26. The number of carbonyl (C=O) groups is 1. The van der Waals surface area contributed by atoms with Crippen LogP contribution in [-0.2, 0) is 16.4 Å². The second-order valence-corrected chi connectivity index (χ2v) is 7.75. The van der Waals surface area contributed by atoms with Crippen LogP contribution in [0.25, 0.3) is 0 Å². The molecule has 0 bridgehead atoms. The summed E-state index contributed by atoms with van der Waals surface area (Å²) in [6.45, 7) is 1.96. The first-order valence-corrected chi connectivity index (χ1v) is 9.17. The van der Waals surface area contributed by atoms with E-state index in [-0.39, 0.29) is 5.91 Å². The molecule has 6 nitrogen and oxygen atoms in total. The lowest BCUT2D eigenvalue weighted by Crippen LogP contribution is -2.29. The lowest BCUT2D eigenvalue weighted by atomic mass is 10.1. The predicted molar refractivity (Wildman–Crippen MR) is 87.8 cm³/mol. The molecule has 1 aliphatic heterocycles. The monoisotopic (exact) mass is 325 g/mol. The fourth-order valence-electron chi connectivity index (χ4n) is 2.53. The van der Waals surface area contributed by atoms with Crippen molar-refractivity contribution in [1.82, 2.24) is 10.2 Å². The van der Waals surface area contributed by atoms with Gasteiger partial charge in [0.15, 0.2) is 0 Å². The van der Waals surface area contributed by atoms with E-state index in [0.717, 1.165) is 18.5 Å². The molecular formula is C15H23N3O3S. The molecule has 0 radical (unpaired) electrons. The van der Waals surface area contributed by atoms with Crippen LogP contribution in [0.1, 0.15) is 22.3 Å². The normalized spacial score (nSPS) is 14.3. The van der Waals surface area contributed by atoms with Crippen LogP contribution < -0.4 is 9.62 Å². The summed E-state index contributed by atoms with van der Waals surface area (Å²) in [4.78, 5) is 14.2. The average Bonchev–Trinajstić information content (AvgIpc) is 2.85. The van der Waals surface area contributed by atoms with Crippen molar-refractivity contribution in [3.63, 3.8) is 0 Å². The highest BCUT2D eigenvalue weighted by atomic mass is 32.2. The largest absolute Gasteiger partial charge is 0.352 e. The first kappa shape index (κ1) is 16.8. The maximum atomic E-state index is 12.2. The number of anilines is 1. The van der Waals surface area contributed by atoms with Crippen LogP contribution in [0.4, 0.5) is 5.69 Å². The van der Waals surface area contributed by atoms with E-state index in [1.54, 1.807) is 12.1 Å². The lowest BCUT2D eigenvalue weighted by molar-refractivity contribution is 0.0952. The number of hydrogen-bond donors (Lipinski definition) is 1. The van der Waals surface area contributed by atoms with E-state index in [0.29, 0.717) is 30.8 Å². The molecule has 0 aliphatic carbocycles. The molecule has 22 heavy (non-hydrogen) atoms. The van der Waals surface area contributed by atoms with Crippen LogP contribution in [0.15, 0.2) is 18.2 Å². The highest BCUT2D eigenvalue weighted by Crippen LogP contribution is 2.30. The topological polar surface area (TPSA) is 69.7 Å². The Morgan fingerprint density at radius 3 is 2.73 bits per heavy atom. The Bertz CT molecular complexity index is 656. The SMILES string of the molecule is CN(C)CCCNC(=O)c1ccc2c(c1)N(S(C)(=O)=O)CC2. The smallest absolute Gasteiger partial charge is 0.251 e. The lowest BCUT2D eigenvalue weighted by Gasteiger charge is -2.17. The number of nitrogens with one attached hydrogen (secondary N) is 1. The number of nitrogens with zero attached hydrogens (tertiary/aromatic N) is 2. The zero-order valence-electron chi connectivity index (χ0n) is 13.3. The Hall–Kier alpha value is -1.60. The van der Waals surface area contributed by atoms with Gasteiger partial charge in [-0.3, -0.25) is 9.10 Å². The number of benzene rings is 1. The highest BCUT2D eigenvalue weighted by molar-refractivity contribution is 7.92. The molecule has 0 saturated heterocycles.